The molecule has 0 radical (unpaired) electrons. The zero-order chi connectivity index (χ0) is 13.1. The number of rotatable bonds is 3. The first-order valence-electron chi connectivity index (χ1n) is 5.26. The Labute approximate surface area is 109 Å². The van der Waals surface area contributed by atoms with Gasteiger partial charge in [0.15, 0.2) is 0 Å². The Balaban J connectivity index is 2.27. The van der Waals surface area contributed by atoms with E-state index in [-0.39, 0.29) is 5.91 Å². The number of H-pyrrole nitrogens is 1. The van der Waals surface area contributed by atoms with Gasteiger partial charge in [0, 0.05) is 10.7 Å². The third-order valence-corrected chi connectivity index (χ3v) is 2.72. The maximum atomic E-state index is 12.0. The van der Waals surface area contributed by atoms with Crippen molar-refractivity contribution < 1.29 is 9.53 Å². The van der Waals surface area contributed by atoms with Crippen molar-refractivity contribution in [3.63, 3.8) is 0 Å². The summed E-state index contributed by atoms with van der Waals surface area (Å²) in [7, 11) is 1.53. The predicted molar refractivity (Wildman–Crippen MR) is 69.3 cm³/mol. The quantitative estimate of drug-likeness (QED) is 0.896. The highest BCUT2D eigenvalue weighted by atomic mass is 35.5. The van der Waals surface area contributed by atoms with Crippen LogP contribution in [0.15, 0.2) is 24.4 Å². The number of aromatic nitrogens is 2. The molecule has 2 aromatic rings. The van der Waals surface area contributed by atoms with Crippen molar-refractivity contribution in [2.75, 3.05) is 12.4 Å². The molecule has 0 saturated carbocycles. The van der Waals surface area contributed by atoms with Gasteiger partial charge in [-0.1, -0.05) is 11.6 Å². The van der Waals surface area contributed by atoms with E-state index in [2.05, 4.69) is 15.5 Å². The number of nitrogens with zero attached hydrogens (tertiary/aromatic N) is 1. The molecule has 18 heavy (non-hydrogen) atoms. The van der Waals surface area contributed by atoms with Gasteiger partial charge in [-0.05, 0) is 25.1 Å². The first kappa shape index (κ1) is 12.4. The highest BCUT2D eigenvalue weighted by Crippen LogP contribution is 2.28. The highest BCUT2D eigenvalue weighted by molar-refractivity contribution is 6.31. The second-order valence-electron chi connectivity index (χ2n) is 3.71. The summed E-state index contributed by atoms with van der Waals surface area (Å²) < 4.78 is 5.15. The second kappa shape index (κ2) is 5.10. The fourth-order valence-corrected chi connectivity index (χ4v) is 1.72. The molecule has 1 amide bonds. The summed E-state index contributed by atoms with van der Waals surface area (Å²) in [4.78, 5) is 12.0. The van der Waals surface area contributed by atoms with Crippen LogP contribution in [-0.2, 0) is 0 Å². The summed E-state index contributed by atoms with van der Waals surface area (Å²) in [6, 6.07) is 5.02. The van der Waals surface area contributed by atoms with Crippen molar-refractivity contribution in [3.05, 3.63) is 40.7 Å². The van der Waals surface area contributed by atoms with Crippen LogP contribution in [0.1, 0.15) is 16.1 Å². The van der Waals surface area contributed by atoms with Gasteiger partial charge in [0.2, 0.25) is 0 Å². The van der Waals surface area contributed by atoms with Crippen LogP contribution in [0.3, 0.4) is 0 Å². The number of amides is 1. The van der Waals surface area contributed by atoms with Crippen molar-refractivity contribution in [1.82, 2.24) is 10.2 Å². The lowest BCUT2D eigenvalue weighted by atomic mass is 10.2. The Morgan fingerprint density at radius 3 is 2.89 bits per heavy atom. The molecule has 0 bridgehead atoms. The standard InChI is InChI=1S/C12H12ClN3O2/c1-7-9(6-14-16-7)12(17)15-10-5-8(13)3-4-11(10)18-2/h3-6H,1-2H3,(H,14,16)(H,15,17). The van der Waals surface area contributed by atoms with Gasteiger partial charge in [0.25, 0.3) is 5.91 Å². The van der Waals surface area contributed by atoms with Crippen molar-refractivity contribution in [2.24, 2.45) is 0 Å². The van der Waals surface area contributed by atoms with Crippen LogP contribution in [-0.4, -0.2) is 23.2 Å². The Morgan fingerprint density at radius 1 is 1.50 bits per heavy atom. The van der Waals surface area contributed by atoms with Crippen molar-refractivity contribution >= 4 is 23.2 Å². The van der Waals surface area contributed by atoms with Crippen LogP contribution in [0, 0.1) is 6.92 Å². The Bertz CT molecular complexity index is 580. The number of benzene rings is 1. The van der Waals surface area contributed by atoms with Gasteiger partial charge in [-0.15, -0.1) is 0 Å². The van der Waals surface area contributed by atoms with Gasteiger partial charge in [-0.3, -0.25) is 9.89 Å². The number of aromatic amines is 1. The van der Waals surface area contributed by atoms with Gasteiger partial charge in [0.05, 0.1) is 24.6 Å². The molecule has 0 aliphatic carbocycles. The summed E-state index contributed by atoms with van der Waals surface area (Å²) in [6.45, 7) is 1.77. The molecule has 1 heterocycles. The molecule has 2 rings (SSSR count). The number of ether oxygens (including phenoxy) is 1. The third kappa shape index (κ3) is 2.46. The maximum absolute atomic E-state index is 12.0. The molecule has 0 unspecified atom stereocenters. The van der Waals surface area contributed by atoms with E-state index in [1.165, 1.54) is 13.3 Å². The van der Waals surface area contributed by atoms with Gasteiger partial charge in [-0.25, -0.2) is 0 Å². The Hall–Kier alpha value is -2.01. The number of carbonyl (C=O) groups excluding carboxylic acids is 1. The number of halogens is 1. The number of aryl methyl sites for hydroxylation is 1. The lowest BCUT2D eigenvalue weighted by molar-refractivity contribution is 0.102. The van der Waals surface area contributed by atoms with E-state index in [0.717, 1.165) is 0 Å². The van der Waals surface area contributed by atoms with Gasteiger partial charge >= 0.3 is 0 Å². The lowest BCUT2D eigenvalue weighted by Crippen LogP contribution is -2.13. The topological polar surface area (TPSA) is 67.0 Å². The molecule has 2 N–H and O–H groups in total. The third-order valence-electron chi connectivity index (χ3n) is 2.48. The molecule has 6 heteroatoms. The number of nitrogens with one attached hydrogen (secondary N) is 2. The molecule has 0 spiro atoms. The summed E-state index contributed by atoms with van der Waals surface area (Å²) in [6.07, 6.45) is 1.47. The lowest BCUT2D eigenvalue weighted by Gasteiger charge is -2.10. The first-order chi connectivity index (χ1) is 8.61. The Morgan fingerprint density at radius 2 is 2.28 bits per heavy atom. The monoisotopic (exact) mass is 265 g/mol. The SMILES string of the molecule is COc1ccc(Cl)cc1NC(=O)c1cn[nH]c1C. The maximum Gasteiger partial charge on any atom is 0.259 e. The first-order valence-corrected chi connectivity index (χ1v) is 5.64. The van der Waals surface area contributed by atoms with E-state index in [4.69, 9.17) is 16.3 Å². The minimum Gasteiger partial charge on any atom is -0.495 e. The van der Waals surface area contributed by atoms with E-state index in [0.29, 0.717) is 27.7 Å². The summed E-state index contributed by atoms with van der Waals surface area (Å²) >= 11 is 5.89. The molecule has 1 aromatic carbocycles. The van der Waals surface area contributed by atoms with E-state index >= 15 is 0 Å². The number of anilines is 1. The molecule has 1 aromatic heterocycles. The number of hydrogen-bond acceptors (Lipinski definition) is 3. The molecular formula is C12H12ClN3O2. The van der Waals surface area contributed by atoms with Gasteiger partial charge in [-0.2, -0.15) is 5.10 Å². The molecular weight excluding hydrogens is 254 g/mol. The second-order valence-corrected chi connectivity index (χ2v) is 4.14. The smallest absolute Gasteiger partial charge is 0.259 e. The minimum atomic E-state index is -0.262. The van der Waals surface area contributed by atoms with Crippen LogP contribution in [0.2, 0.25) is 5.02 Å². The predicted octanol–water partition coefficient (Wildman–Crippen LogP) is 2.63. The molecule has 0 aliphatic rings. The minimum absolute atomic E-state index is 0.262. The van der Waals surface area contributed by atoms with E-state index < -0.39 is 0 Å². The van der Waals surface area contributed by atoms with Gasteiger partial charge < -0.3 is 10.1 Å². The molecule has 0 aliphatic heterocycles. The normalized spacial score (nSPS) is 10.2. The van der Waals surface area contributed by atoms with E-state index in [1.807, 2.05) is 0 Å². The zero-order valence-electron chi connectivity index (χ0n) is 9.95. The van der Waals surface area contributed by atoms with Crippen molar-refractivity contribution in [2.45, 2.75) is 6.92 Å². The van der Waals surface area contributed by atoms with Crippen molar-refractivity contribution in [1.29, 1.82) is 0 Å². The summed E-state index contributed by atoms with van der Waals surface area (Å²) in [5, 5.41) is 9.77. The van der Waals surface area contributed by atoms with E-state index in [1.54, 1.807) is 25.1 Å². The molecule has 5 nitrogen and oxygen atoms in total. The van der Waals surface area contributed by atoms with Crippen LogP contribution in [0.5, 0.6) is 5.75 Å². The fourth-order valence-electron chi connectivity index (χ4n) is 1.55. The van der Waals surface area contributed by atoms with E-state index in [9.17, 15) is 4.79 Å². The summed E-state index contributed by atoms with van der Waals surface area (Å²) in [5.41, 5.74) is 1.71. The van der Waals surface area contributed by atoms with Gasteiger partial charge in [0.1, 0.15) is 5.75 Å². The fraction of sp³-hybridized carbons (Fsp3) is 0.167. The average Bonchev–Trinajstić information content (AvgIpc) is 2.76. The highest BCUT2D eigenvalue weighted by Gasteiger charge is 2.13. The summed E-state index contributed by atoms with van der Waals surface area (Å²) in [5.74, 6) is 0.288. The number of methoxy groups -OCH3 is 1. The largest absolute Gasteiger partial charge is 0.495 e. The Kier molecular flexibility index (Phi) is 3.53. The molecule has 94 valence electrons. The molecule has 0 atom stereocenters. The number of hydrogen-bond donors (Lipinski definition) is 2. The zero-order valence-corrected chi connectivity index (χ0v) is 10.7. The average molecular weight is 266 g/mol. The van der Waals surface area contributed by atoms with Crippen LogP contribution >= 0.6 is 11.6 Å². The van der Waals surface area contributed by atoms with Crippen LogP contribution in [0.4, 0.5) is 5.69 Å². The van der Waals surface area contributed by atoms with Crippen LogP contribution in [0.25, 0.3) is 0 Å². The van der Waals surface area contributed by atoms with Crippen LogP contribution < -0.4 is 10.1 Å². The number of carbonyl (C=O) groups is 1. The van der Waals surface area contributed by atoms with Crippen molar-refractivity contribution in [3.8, 4) is 5.75 Å². The molecule has 0 saturated heterocycles. The molecule has 0 fully saturated rings.